The fraction of sp³-hybridized carbons (Fsp3) is 0. The summed E-state index contributed by atoms with van der Waals surface area (Å²) in [6.07, 6.45) is 0. The lowest BCUT2D eigenvalue weighted by molar-refractivity contribution is 0.670. The molecule has 0 fully saturated rings. The molecule has 0 spiro atoms. The third kappa shape index (κ3) is 7.86. The van der Waals surface area contributed by atoms with Crippen LogP contribution in [0.15, 0.2) is 296 Å². The van der Waals surface area contributed by atoms with Gasteiger partial charge in [0, 0.05) is 49.6 Å². The van der Waals surface area contributed by atoms with Gasteiger partial charge in [-0.25, -0.2) is 0 Å². The monoisotopic (exact) mass is 956 g/mol. The van der Waals surface area contributed by atoms with Crippen LogP contribution in [-0.4, -0.2) is 4.57 Å². The molecule has 0 unspecified atom stereocenters. The van der Waals surface area contributed by atoms with Crippen LogP contribution in [0.5, 0.6) is 0 Å². The van der Waals surface area contributed by atoms with E-state index in [4.69, 9.17) is 4.42 Å². The van der Waals surface area contributed by atoms with Gasteiger partial charge in [0.15, 0.2) is 0 Å². The molecule has 14 rings (SSSR count). The molecule has 0 aliphatic heterocycles. The molecular weight excluding hydrogens is 909 g/mol. The third-order valence-corrected chi connectivity index (χ3v) is 14.9. The number of anilines is 3. The van der Waals surface area contributed by atoms with Crippen LogP contribution in [0.4, 0.5) is 17.1 Å². The summed E-state index contributed by atoms with van der Waals surface area (Å²) in [7, 11) is 0. The summed E-state index contributed by atoms with van der Waals surface area (Å²) in [5.41, 5.74) is 22.4. The Morgan fingerprint density at radius 1 is 0.267 bits per heavy atom. The summed E-state index contributed by atoms with van der Waals surface area (Å²) in [5, 5.41) is 4.75. The smallest absolute Gasteiger partial charge is 0.143 e. The van der Waals surface area contributed by atoms with Gasteiger partial charge in [0.2, 0.25) is 0 Å². The Morgan fingerprint density at radius 3 is 1.31 bits per heavy atom. The van der Waals surface area contributed by atoms with Crippen molar-refractivity contribution in [2.45, 2.75) is 0 Å². The Balaban J connectivity index is 0.867. The highest BCUT2D eigenvalue weighted by molar-refractivity contribution is 6.11. The Bertz CT molecular complexity index is 4310. The van der Waals surface area contributed by atoms with Gasteiger partial charge in [-0.1, -0.05) is 237 Å². The Kier molecular flexibility index (Phi) is 10.8. The summed E-state index contributed by atoms with van der Waals surface area (Å²) >= 11 is 0. The van der Waals surface area contributed by atoms with E-state index in [0.717, 1.165) is 89.2 Å². The number of fused-ring (bicyclic) bond motifs is 6. The molecule has 0 aliphatic carbocycles. The van der Waals surface area contributed by atoms with Crippen molar-refractivity contribution < 1.29 is 4.42 Å². The quantitative estimate of drug-likeness (QED) is 0.136. The van der Waals surface area contributed by atoms with Crippen molar-refractivity contribution in [3.63, 3.8) is 0 Å². The highest BCUT2D eigenvalue weighted by atomic mass is 16.3. The predicted molar refractivity (Wildman–Crippen MR) is 315 cm³/mol. The standard InChI is InChI=1S/C72H48N2O/c1-3-16-49(17-4-1)51-30-34-54(35-31-51)60-20-7-11-26-67(60)73(58-43-38-53(39-44-58)52-32-36-56(37-33-52)62-24-15-25-66-65-23-10-14-29-71(65)75-72(62)66)59-45-40-55(41-46-59)61-47-42-57(50-18-5-2-6-19-50)48-70(61)74-68-27-12-8-21-63(68)64-22-9-13-28-69(64)74/h1-48H. The van der Waals surface area contributed by atoms with Gasteiger partial charge >= 0.3 is 0 Å². The second-order valence-corrected chi connectivity index (χ2v) is 19.2. The molecule has 14 aromatic rings. The molecule has 0 bridgehead atoms. The average Bonchev–Trinajstić information content (AvgIpc) is 4.06. The predicted octanol–water partition coefficient (Wildman–Crippen LogP) is 20.2. The van der Waals surface area contributed by atoms with E-state index >= 15 is 0 Å². The summed E-state index contributed by atoms with van der Waals surface area (Å²) in [6.45, 7) is 0. The van der Waals surface area contributed by atoms with Crippen LogP contribution in [0.2, 0.25) is 0 Å². The van der Waals surface area contributed by atoms with E-state index in [9.17, 15) is 0 Å². The van der Waals surface area contributed by atoms with Crippen molar-refractivity contribution >= 4 is 60.8 Å². The first kappa shape index (κ1) is 43.8. The highest BCUT2D eigenvalue weighted by Gasteiger charge is 2.21. The van der Waals surface area contributed by atoms with Gasteiger partial charge in [-0.05, 0) is 105 Å². The van der Waals surface area contributed by atoms with Crippen LogP contribution in [-0.2, 0) is 0 Å². The molecule has 0 aliphatic rings. The van der Waals surface area contributed by atoms with Crippen LogP contribution in [0.25, 0.3) is 116 Å². The second-order valence-electron chi connectivity index (χ2n) is 19.2. The van der Waals surface area contributed by atoms with Crippen LogP contribution < -0.4 is 4.90 Å². The topological polar surface area (TPSA) is 21.3 Å². The zero-order chi connectivity index (χ0) is 49.7. The molecule has 2 heterocycles. The van der Waals surface area contributed by atoms with Crippen LogP contribution in [0.3, 0.4) is 0 Å². The van der Waals surface area contributed by atoms with Crippen molar-refractivity contribution in [1.29, 1.82) is 0 Å². The number of furan rings is 1. The number of nitrogens with zero attached hydrogens (tertiary/aromatic N) is 2. The zero-order valence-electron chi connectivity index (χ0n) is 41.0. The number of aromatic nitrogens is 1. The number of hydrogen-bond acceptors (Lipinski definition) is 2. The van der Waals surface area contributed by atoms with Crippen molar-refractivity contribution in [1.82, 2.24) is 4.57 Å². The lowest BCUT2D eigenvalue weighted by Crippen LogP contribution is -2.11. The maximum atomic E-state index is 6.41. The lowest BCUT2D eigenvalue weighted by Gasteiger charge is -2.28. The molecule has 0 N–H and O–H groups in total. The van der Waals surface area contributed by atoms with E-state index in [1.165, 1.54) is 44.1 Å². The van der Waals surface area contributed by atoms with E-state index in [1.807, 2.05) is 12.1 Å². The van der Waals surface area contributed by atoms with Crippen LogP contribution in [0, 0.1) is 0 Å². The Morgan fingerprint density at radius 2 is 0.680 bits per heavy atom. The molecule has 352 valence electrons. The summed E-state index contributed by atoms with van der Waals surface area (Å²) in [5.74, 6) is 0. The van der Waals surface area contributed by atoms with E-state index in [-0.39, 0.29) is 0 Å². The maximum absolute atomic E-state index is 6.41. The van der Waals surface area contributed by atoms with Crippen LogP contribution >= 0.6 is 0 Å². The SMILES string of the molecule is c1ccc(-c2ccc(-c3ccccc3N(c3ccc(-c4ccc(-c5cccc6c5oc5ccccc56)cc4)cc3)c3ccc(-c4ccc(-c5ccccc5)cc4-n4c5ccccc5c5ccccc54)cc3)cc2)cc1. The zero-order valence-corrected chi connectivity index (χ0v) is 41.0. The minimum Gasteiger partial charge on any atom is -0.455 e. The van der Waals surface area contributed by atoms with Crippen molar-refractivity contribution in [2.24, 2.45) is 0 Å². The van der Waals surface area contributed by atoms with E-state index in [0.29, 0.717) is 0 Å². The molecule has 0 atom stereocenters. The van der Waals surface area contributed by atoms with E-state index in [1.54, 1.807) is 0 Å². The first-order valence-corrected chi connectivity index (χ1v) is 25.6. The summed E-state index contributed by atoms with van der Waals surface area (Å²) in [4.78, 5) is 2.40. The fourth-order valence-electron chi connectivity index (χ4n) is 11.2. The van der Waals surface area contributed by atoms with Gasteiger partial charge in [-0.2, -0.15) is 0 Å². The van der Waals surface area contributed by atoms with E-state index in [2.05, 4.69) is 289 Å². The maximum Gasteiger partial charge on any atom is 0.143 e. The first-order chi connectivity index (χ1) is 37.2. The highest BCUT2D eigenvalue weighted by Crippen LogP contribution is 2.44. The van der Waals surface area contributed by atoms with Gasteiger partial charge in [0.05, 0.1) is 22.4 Å². The van der Waals surface area contributed by atoms with Gasteiger partial charge in [0.1, 0.15) is 11.2 Å². The largest absolute Gasteiger partial charge is 0.455 e. The second kappa shape index (κ2) is 18.6. The minimum absolute atomic E-state index is 0.906. The van der Waals surface area contributed by atoms with Gasteiger partial charge in [-0.15, -0.1) is 0 Å². The summed E-state index contributed by atoms with van der Waals surface area (Å²) < 4.78 is 8.86. The number of benzene rings is 12. The molecule has 3 heteroatoms. The number of para-hydroxylation sites is 5. The van der Waals surface area contributed by atoms with Gasteiger partial charge in [0.25, 0.3) is 0 Å². The molecule has 2 aromatic heterocycles. The van der Waals surface area contributed by atoms with E-state index < -0.39 is 0 Å². The van der Waals surface area contributed by atoms with Crippen molar-refractivity contribution in [2.75, 3.05) is 4.90 Å². The molecule has 12 aromatic carbocycles. The van der Waals surface area contributed by atoms with Crippen molar-refractivity contribution in [3.05, 3.63) is 291 Å². The number of hydrogen-bond donors (Lipinski definition) is 0. The Hall–Kier alpha value is -9.96. The average molecular weight is 957 g/mol. The number of rotatable bonds is 10. The normalized spacial score (nSPS) is 11.5. The third-order valence-electron chi connectivity index (χ3n) is 14.9. The molecular formula is C72H48N2O. The molecule has 0 saturated carbocycles. The first-order valence-electron chi connectivity index (χ1n) is 25.6. The van der Waals surface area contributed by atoms with Crippen LogP contribution in [0.1, 0.15) is 0 Å². The van der Waals surface area contributed by atoms with Gasteiger partial charge < -0.3 is 13.9 Å². The Labute approximate surface area is 436 Å². The molecule has 0 amide bonds. The lowest BCUT2D eigenvalue weighted by atomic mass is 9.96. The molecule has 75 heavy (non-hydrogen) atoms. The molecule has 0 saturated heterocycles. The summed E-state index contributed by atoms with van der Waals surface area (Å²) in [6, 6.07) is 105. The van der Waals surface area contributed by atoms with Gasteiger partial charge in [-0.3, -0.25) is 0 Å². The minimum atomic E-state index is 0.906. The fourth-order valence-corrected chi connectivity index (χ4v) is 11.2. The van der Waals surface area contributed by atoms with Crippen molar-refractivity contribution in [3.8, 4) is 72.4 Å². The molecule has 0 radical (unpaired) electrons. The molecule has 3 nitrogen and oxygen atoms in total.